The number of aliphatic hydroxyl groups excluding tert-OH is 1. The van der Waals surface area contributed by atoms with Crippen LogP contribution in [-0.2, 0) is 9.47 Å². The molecule has 0 bridgehead atoms. The molecule has 0 spiro atoms. The Labute approximate surface area is 117 Å². The molecule has 3 nitrogen and oxygen atoms in total. The average molecular weight is 268 g/mol. The lowest BCUT2D eigenvalue weighted by Crippen LogP contribution is -2.31. The van der Waals surface area contributed by atoms with Crippen LogP contribution in [0.25, 0.3) is 0 Å². The SMILES string of the molecule is C=C/C=C\C(=C)OC(C)(C)CCOC(C)(C)CCO. The lowest BCUT2D eigenvalue weighted by Gasteiger charge is -2.30. The second-order valence-corrected chi connectivity index (χ2v) is 5.75. The largest absolute Gasteiger partial charge is 0.488 e. The fraction of sp³-hybridized carbons (Fsp3) is 0.625. The molecule has 0 aromatic carbocycles. The average Bonchev–Trinajstić information content (AvgIpc) is 2.24. The number of hydrogen-bond acceptors (Lipinski definition) is 3. The second-order valence-electron chi connectivity index (χ2n) is 5.75. The minimum Gasteiger partial charge on any atom is -0.488 e. The molecule has 0 aromatic rings. The summed E-state index contributed by atoms with van der Waals surface area (Å²) in [4.78, 5) is 0. The van der Waals surface area contributed by atoms with Gasteiger partial charge in [0.25, 0.3) is 0 Å². The molecule has 0 aliphatic carbocycles. The highest BCUT2D eigenvalue weighted by molar-refractivity contribution is 5.13. The van der Waals surface area contributed by atoms with Gasteiger partial charge in [0.05, 0.1) is 12.2 Å². The predicted molar refractivity (Wildman–Crippen MR) is 80.0 cm³/mol. The maximum atomic E-state index is 8.93. The molecule has 19 heavy (non-hydrogen) atoms. The third-order valence-corrected chi connectivity index (χ3v) is 2.74. The Morgan fingerprint density at radius 2 is 1.79 bits per heavy atom. The van der Waals surface area contributed by atoms with Crippen molar-refractivity contribution in [3.63, 3.8) is 0 Å². The van der Waals surface area contributed by atoms with Gasteiger partial charge in [-0.1, -0.05) is 25.3 Å². The van der Waals surface area contributed by atoms with Crippen molar-refractivity contribution >= 4 is 0 Å². The molecule has 0 saturated heterocycles. The smallest absolute Gasteiger partial charge is 0.112 e. The van der Waals surface area contributed by atoms with E-state index < -0.39 is 0 Å². The van der Waals surface area contributed by atoms with Gasteiger partial charge >= 0.3 is 0 Å². The van der Waals surface area contributed by atoms with Crippen LogP contribution in [0.4, 0.5) is 0 Å². The third kappa shape index (κ3) is 9.51. The number of allylic oxidation sites excluding steroid dienone is 3. The first kappa shape index (κ1) is 17.9. The number of rotatable bonds is 10. The van der Waals surface area contributed by atoms with Gasteiger partial charge in [-0.2, -0.15) is 0 Å². The summed E-state index contributed by atoms with van der Waals surface area (Å²) in [7, 11) is 0. The van der Waals surface area contributed by atoms with Crippen molar-refractivity contribution in [1.82, 2.24) is 0 Å². The highest BCUT2D eigenvalue weighted by Gasteiger charge is 2.23. The van der Waals surface area contributed by atoms with E-state index in [2.05, 4.69) is 13.2 Å². The van der Waals surface area contributed by atoms with Gasteiger partial charge in [-0.3, -0.25) is 0 Å². The van der Waals surface area contributed by atoms with Crippen LogP contribution < -0.4 is 0 Å². The van der Waals surface area contributed by atoms with Gasteiger partial charge in [-0.15, -0.1) is 0 Å². The molecule has 0 atom stereocenters. The van der Waals surface area contributed by atoms with Crippen molar-refractivity contribution in [3.05, 3.63) is 37.1 Å². The Bertz CT molecular complexity index is 314. The molecule has 0 heterocycles. The fourth-order valence-electron chi connectivity index (χ4n) is 1.53. The molecule has 0 unspecified atom stereocenters. The van der Waals surface area contributed by atoms with Gasteiger partial charge in [0.15, 0.2) is 0 Å². The topological polar surface area (TPSA) is 38.7 Å². The van der Waals surface area contributed by atoms with Crippen molar-refractivity contribution in [2.75, 3.05) is 13.2 Å². The molecule has 0 aromatic heterocycles. The summed E-state index contributed by atoms with van der Waals surface area (Å²) in [6, 6.07) is 0. The first-order valence-corrected chi connectivity index (χ1v) is 6.64. The summed E-state index contributed by atoms with van der Waals surface area (Å²) in [5.41, 5.74) is -0.636. The standard InChI is InChI=1S/C16H28O3/c1-7-8-9-14(2)19-16(5,6)11-13-18-15(3,4)10-12-17/h7-9,17H,1-2,10-13H2,3-6H3/b9-8-. The number of hydrogen-bond donors (Lipinski definition) is 1. The Balaban J connectivity index is 4.13. The van der Waals surface area contributed by atoms with Crippen molar-refractivity contribution < 1.29 is 14.6 Å². The van der Waals surface area contributed by atoms with Gasteiger partial charge in [0.2, 0.25) is 0 Å². The van der Waals surface area contributed by atoms with Crippen LogP contribution >= 0.6 is 0 Å². The summed E-state index contributed by atoms with van der Waals surface area (Å²) >= 11 is 0. The third-order valence-electron chi connectivity index (χ3n) is 2.74. The zero-order valence-electron chi connectivity index (χ0n) is 12.7. The van der Waals surface area contributed by atoms with Crippen LogP contribution in [0.15, 0.2) is 37.1 Å². The zero-order chi connectivity index (χ0) is 14.9. The summed E-state index contributed by atoms with van der Waals surface area (Å²) in [5, 5.41) is 8.93. The Morgan fingerprint density at radius 1 is 1.16 bits per heavy atom. The normalized spacial score (nSPS) is 12.7. The molecule has 0 saturated carbocycles. The van der Waals surface area contributed by atoms with Crippen LogP contribution in [0, 0.1) is 0 Å². The van der Waals surface area contributed by atoms with E-state index in [1.807, 2.05) is 27.7 Å². The van der Waals surface area contributed by atoms with Gasteiger partial charge in [-0.05, 0) is 40.2 Å². The van der Waals surface area contributed by atoms with E-state index in [0.717, 1.165) is 6.42 Å². The number of aliphatic hydroxyl groups is 1. The minimum absolute atomic E-state index is 0.135. The quantitative estimate of drug-likeness (QED) is 0.486. The first-order valence-electron chi connectivity index (χ1n) is 6.64. The predicted octanol–water partition coefficient (Wildman–Crippen LogP) is 3.61. The van der Waals surface area contributed by atoms with Crippen molar-refractivity contribution in [1.29, 1.82) is 0 Å². The molecule has 0 radical (unpaired) electrons. The number of ether oxygens (including phenoxy) is 2. The van der Waals surface area contributed by atoms with E-state index in [-0.39, 0.29) is 17.8 Å². The Kier molecular flexibility index (Phi) is 7.72. The lowest BCUT2D eigenvalue weighted by atomic mass is 10.0. The van der Waals surface area contributed by atoms with Gasteiger partial charge in [0.1, 0.15) is 11.4 Å². The molecule has 0 rings (SSSR count). The molecule has 1 N–H and O–H groups in total. The Hall–Kier alpha value is -1.06. The summed E-state index contributed by atoms with van der Waals surface area (Å²) in [6.07, 6.45) is 6.64. The second kappa shape index (κ2) is 8.18. The molecule has 0 amide bonds. The van der Waals surface area contributed by atoms with Crippen LogP contribution in [0.1, 0.15) is 40.5 Å². The summed E-state index contributed by atoms with van der Waals surface area (Å²) < 4.78 is 11.5. The van der Waals surface area contributed by atoms with Gasteiger partial charge in [0, 0.05) is 13.0 Å². The van der Waals surface area contributed by atoms with Crippen molar-refractivity contribution in [2.45, 2.75) is 51.7 Å². The van der Waals surface area contributed by atoms with Crippen LogP contribution in [-0.4, -0.2) is 29.5 Å². The van der Waals surface area contributed by atoms with Crippen molar-refractivity contribution in [2.24, 2.45) is 0 Å². The maximum absolute atomic E-state index is 8.93. The van der Waals surface area contributed by atoms with Crippen LogP contribution in [0.2, 0.25) is 0 Å². The van der Waals surface area contributed by atoms with Crippen LogP contribution in [0.5, 0.6) is 0 Å². The van der Waals surface area contributed by atoms with Crippen LogP contribution in [0.3, 0.4) is 0 Å². The molecule has 0 aliphatic rings. The molecular weight excluding hydrogens is 240 g/mol. The van der Waals surface area contributed by atoms with E-state index in [9.17, 15) is 0 Å². The summed E-state index contributed by atoms with van der Waals surface area (Å²) in [5.74, 6) is 0.611. The van der Waals surface area contributed by atoms with Gasteiger partial charge in [-0.25, -0.2) is 0 Å². The highest BCUT2D eigenvalue weighted by Crippen LogP contribution is 2.21. The molecule has 0 fully saturated rings. The lowest BCUT2D eigenvalue weighted by molar-refractivity contribution is -0.0611. The van der Waals surface area contributed by atoms with E-state index >= 15 is 0 Å². The van der Waals surface area contributed by atoms with E-state index in [0.29, 0.717) is 18.8 Å². The molecule has 3 heteroatoms. The molecule has 0 aliphatic heterocycles. The first-order chi connectivity index (χ1) is 8.72. The van der Waals surface area contributed by atoms with Gasteiger partial charge < -0.3 is 14.6 Å². The maximum Gasteiger partial charge on any atom is 0.112 e. The monoisotopic (exact) mass is 268 g/mol. The van der Waals surface area contributed by atoms with E-state index in [1.54, 1.807) is 18.2 Å². The highest BCUT2D eigenvalue weighted by atomic mass is 16.5. The summed E-state index contributed by atoms with van der Waals surface area (Å²) in [6.45, 7) is 16.1. The van der Waals surface area contributed by atoms with Crippen molar-refractivity contribution in [3.8, 4) is 0 Å². The van der Waals surface area contributed by atoms with E-state index in [4.69, 9.17) is 14.6 Å². The minimum atomic E-state index is -0.335. The molecular formula is C16H28O3. The fourth-order valence-corrected chi connectivity index (χ4v) is 1.53. The van der Waals surface area contributed by atoms with E-state index in [1.165, 1.54) is 0 Å². The Morgan fingerprint density at radius 3 is 2.32 bits per heavy atom. The zero-order valence-corrected chi connectivity index (χ0v) is 12.7. The molecule has 110 valence electrons.